The fraction of sp³-hybridized carbons (Fsp3) is 0.330. The molecule has 0 unspecified atom stereocenters. The Labute approximate surface area is 782 Å². The third-order valence-electron chi connectivity index (χ3n) is 25.2. The lowest BCUT2D eigenvalue weighted by Crippen LogP contribution is -2.37. The molecular formula is C97H93FN24O15. The van der Waals surface area contributed by atoms with Gasteiger partial charge in [0.1, 0.15) is 11.5 Å². The van der Waals surface area contributed by atoms with E-state index in [2.05, 4.69) is 105 Å². The summed E-state index contributed by atoms with van der Waals surface area (Å²) in [5.74, 6) is 25.0. The van der Waals surface area contributed by atoms with Gasteiger partial charge in [-0.05, 0) is 161 Å². The maximum atomic E-state index is 13.6. The minimum atomic E-state index is -1.72. The van der Waals surface area contributed by atoms with Crippen molar-refractivity contribution in [1.29, 1.82) is 0 Å². The van der Waals surface area contributed by atoms with Crippen molar-refractivity contribution in [3.63, 3.8) is 0 Å². The predicted molar refractivity (Wildman–Crippen MR) is 487 cm³/mol. The predicted octanol–water partition coefficient (Wildman–Crippen LogP) is 0.869. The first-order chi connectivity index (χ1) is 65.3. The number of aromatic nitrogens is 14. The second kappa shape index (κ2) is 37.6. The molecule has 15 N–H and O–H groups in total. The quantitative estimate of drug-likeness (QED) is 0.0849. The number of likely N-dealkylation sites (tertiary alicyclic amines) is 5. The number of rotatable bonds is 10. The number of carbonyl (C=O) groups excluding carboxylic acids is 10. The standard InChI is InChI=1S/C21H21N5O3.C21H22N4O3.C20H16FN5O3.C19H19N5O3.C16H15N5O3/c1-25-7-5-21(29,20(25)28)4-2-12-3-6-23-16(11-12)26-18-14-8-13(9-14)10-15(18)17(24-26)19(22)27;1-24-12-11-21(28,20(24)27)10-9-14-5-4-6-15(13-14)25-17-8-3-2-7-16(17)18(23-25)19(22)26;1-25-9-7-20(29,19(25)28)6-4-12-5-8-23-16(10-12)26-15-3-2-13(21)11-14(15)17(24-26)18(22)27;1-23-10-8-19(27,18(23)26)7-5-12-6-9-21-15(11-12)24-14-4-2-3-13(14)16(22-24)17(20)25;1-20-9-6-16(24,15(20)23)5-2-11-3-7-18-13(10-11)21-8-4-12(19-21)14(17)22/h3,6,11,13-14,29H,5,7-10H2,1H3,(H2,22,27);4-6,13,28H,2-3,7-8,11-12H2,1H3,(H2,22,26);2-3,5,8,10-11,29H,7,9H2,1H3,(H2,22,27);6,9,11,27H,2-4,8,10H2,1H3,(H2,20,25);3-4,7-8,10,24H,6,9H2,1H3,(H2,17,22)/t13?,14?,21-;21-;20-;19-;16-/m00000/s1. The third kappa shape index (κ3) is 19.1. The Morgan fingerprint density at radius 2 is 0.766 bits per heavy atom. The number of hydrogen-bond donors (Lipinski definition) is 10. The number of amides is 10. The normalized spacial score (nSPS) is 21.7. The summed E-state index contributed by atoms with van der Waals surface area (Å²) < 4.78 is 21.5. The lowest BCUT2D eigenvalue weighted by atomic mass is 9.64. The Morgan fingerprint density at radius 1 is 0.394 bits per heavy atom. The van der Waals surface area contributed by atoms with Gasteiger partial charge in [0.25, 0.3) is 59.1 Å². The number of aliphatic hydroxyl groups is 5. The van der Waals surface area contributed by atoms with Gasteiger partial charge >= 0.3 is 0 Å². The summed E-state index contributed by atoms with van der Waals surface area (Å²) in [6.45, 7) is 2.33. The number of nitrogens with zero attached hydrogens (tertiary/aromatic N) is 19. The van der Waals surface area contributed by atoms with Crippen LogP contribution < -0.4 is 28.7 Å². The van der Waals surface area contributed by atoms with E-state index in [4.69, 9.17) is 28.7 Å². The number of hydrogen-bond acceptors (Lipinski definition) is 24. The van der Waals surface area contributed by atoms with Crippen molar-refractivity contribution in [3.8, 4) is 88.2 Å². The van der Waals surface area contributed by atoms with Crippen LogP contribution in [0.2, 0.25) is 0 Å². The molecule has 10 amide bonds. The highest BCUT2D eigenvalue weighted by molar-refractivity contribution is 6.05. The van der Waals surface area contributed by atoms with Crippen molar-refractivity contribution in [2.24, 2.45) is 34.6 Å². The first-order valence-electron chi connectivity index (χ1n) is 43.9. The number of primary amides is 5. The van der Waals surface area contributed by atoms with Gasteiger partial charge in [0.05, 0.1) is 22.6 Å². The van der Waals surface area contributed by atoms with Crippen LogP contribution in [0.3, 0.4) is 0 Å². The SMILES string of the molecule is CN1CC[C@@](O)(C#Cc2cccc(-n3nc(C(N)=O)c4c3CCCC4)c2)C1=O.CN1CC[C@@](O)(C#Cc2ccnc(-n3ccc(C(N)=O)n3)c2)C1=O.CN1CC[C@@](O)(C#Cc2ccnc(-n3nc(C(N)=O)c4c3C3CC(C4)C3)c2)C1=O.CN1CC[C@@](O)(C#Cc2ccnc(-n3nc(C(N)=O)c4c3CCC4)c2)C1=O.CN1CC[C@@](O)(C#Cc2ccnc(-n3nc(C(N)=O)c4cc(F)ccc43)c2)C1=O. The molecule has 39 nitrogen and oxygen atoms in total. The van der Waals surface area contributed by atoms with Crippen LogP contribution in [0.4, 0.5) is 4.39 Å². The Hall–Kier alpha value is -16.4. The van der Waals surface area contributed by atoms with Crippen LogP contribution in [0.1, 0.15) is 184 Å². The topological polar surface area (TPSA) is 559 Å². The molecule has 5 aliphatic heterocycles. The third-order valence-corrected chi connectivity index (χ3v) is 25.2. The number of halogens is 1. The summed E-state index contributed by atoms with van der Waals surface area (Å²) in [6, 6.07) is 26.1. The van der Waals surface area contributed by atoms with Gasteiger partial charge in [0.2, 0.25) is 28.0 Å². The average Bonchev–Trinajstić information content (AvgIpc) is 1.66. The van der Waals surface area contributed by atoms with Crippen molar-refractivity contribution < 1.29 is 77.9 Å². The average molecular weight is 1850 g/mol. The molecule has 9 aromatic heterocycles. The Balaban J connectivity index is 0.000000124. The molecule has 5 aliphatic carbocycles. The number of fused-ring (bicyclic) bond motifs is 3. The largest absolute Gasteiger partial charge is 0.369 e. The van der Waals surface area contributed by atoms with Crippen LogP contribution in [-0.4, -0.2) is 274 Å². The molecule has 5 saturated heterocycles. The summed E-state index contributed by atoms with van der Waals surface area (Å²) in [4.78, 5) is 143. The van der Waals surface area contributed by atoms with E-state index in [0.29, 0.717) is 119 Å². The number of nitrogens with two attached hydrogens (primary N) is 5. The van der Waals surface area contributed by atoms with E-state index in [1.165, 1.54) is 70.5 Å². The maximum absolute atomic E-state index is 13.6. The molecule has 10 aliphatic rings. The van der Waals surface area contributed by atoms with Gasteiger partial charge in [0.15, 0.2) is 46.0 Å². The molecule has 21 rings (SSSR count). The number of benzene rings is 2. The lowest BCUT2D eigenvalue weighted by molar-refractivity contribution is -0.138. The Bertz CT molecular complexity index is 7210. The van der Waals surface area contributed by atoms with Crippen LogP contribution in [0.25, 0.3) is 39.9 Å². The fourth-order valence-electron chi connectivity index (χ4n) is 17.6. The zero-order valence-electron chi connectivity index (χ0n) is 75.0. The van der Waals surface area contributed by atoms with Crippen molar-refractivity contribution in [1.82, 2.24) is 93.3 Å². The number of likely N-dealkylation sites (N-methyl/N-ethyl adjacent to an activating group) is 5. The van der Waals surface area contributed by atoms with Crippen LogP contribution in [0.15, 0.2) is 128 Å². The second-order valence-corrected chi connectivity index (χ2v) is 34.8. The molecule has 6 fully saturated rings. The van der Waals surface area contributed by atoms with Crippen LogP contribution >= 0.6 is 0 Å². The summed E-state index contributed by atoms with van der Waals surface area (Å²) in [5.41, 5.74) is 29.6. The molecule has 0 radical (unpaired) electrons. The van der Waals surface area contributed by atoms with Gasteiger partial charge < -0.3 is 78.7 Å². The molecule has 137 heavy (non-hydrogen) atoms. The Morgan fingerprint density at radius 3 is 1.20 bits per heavy atom. The van der Waals surface area contributed by atoms with E-state index in [-0.39, 0.29) is 65.9 Å². The van der Waals surface area contributed by atoms with Crippen LogP contribution in [0.5, 0.6) is 0 Å². The van der Waals surface area contributed by atoms with Gasteiger partial charge in [-0.2, -0.15) is 25.5 Å². The van der Waals surface area contributed by atoms with Gasteiger partial charge in [-0.3, -0.25) is 47.9 Å². The molecular weight excluding hydrogens is 1760 g/mol. The monoisotopic (exact) mass is 1850 g/mol. The van der Waals surface area contributed by atoms with Crippen LogP contribution in [-0.2, 0) is 56.1 Å². The molecule has 40 heteroatoms. The minimum Gasteiger partial charge on any atom is -0.369 e. The molecule has 5 atom stereocenters. The number of pyridine rings is 4. The molecule has 14 heterocycles. The van der Waals surface area contributed by atoms with E-state index in [9.17, 15) is 77.9 Å². The van der Waals surface area contributed by atoms with Crippen molar-refractivity contribution in [3.05, 3.63) is 224 Å². The summed E-state index contributed by atoms with van der Waals surface area (Å²) in [5, 5.41) is 73.8. The lowest BCUT2D eigenvalue weighted by Gasteiger charge is -2.41. The fourth-order valence-corrected chi connectivity index (χ4v) is 17.6. The summed E-state index contributed by atoms with van der Waals surface area (Å²) in [6.07, 6.45) is 18.3. The van der Waals surface area contributed by atoms with E-state index in [0.717, 1.165) is 104 Å². The second-order valence-electron chi connectivity index (χ2n) is 34.8. The first-order valence-corrected chi connectivity index (χ1v) is 43.9. The molecule has 1 saturated carbocycles. The maximum Gasteiger partial charge on any atom is 0.269 e. The van der Waals surface area contributed by atoms with Crippen molar-refractivity contribution in [2.75, 3.05) is 68.0 Å². The van der Waals surface area contributed by atoms with Crippen LogP contribution in [0, 0.1) is 70.9 Å². The highest BCUT2D eigenvalue weighted by Crippen LogP contribution is 2.51. The van der Waals surface area contributed by atoms with Crippen molar-refractivity contribution in [2.45, 2.75) is 130 Å². The highest BCUT2D eigenvalue weighted by Gasteiger charge is 2.48. The van der Waals surface area contributed by atoms with E-state index < -0.39 is 75.2 Å². The molecule has 2 bridgehead atoms. The molecule has 698 valence electrons. The van der Waals surface area contributed by atoms with Gasteiger partial charge in [0, 0.05) is 193 Å². The summed E-state index contributed by atoms with van der Waals surface area (Å²) >= 11 is 0. The number of carbonyl (C=O) groups is 10. The smallest absolute Gasteiger partial charge is 0.269 e. The van der Waals surface area contributed by atoms with Gasteiger partial charge in [-0.1, -0.05) is 65.3 Å². The van der Waals surface area contributed by atoms with Gasteiger partial charge in [-0.15, -0.1) is 0 Å². The van der Waals surface area contributed by atoms with Gasteiger partial charge in [-0.25, -0.2) is 47.7 Å². The molecule has 2 aromatic carbocycles. The van der Waals surface area contributed by atoms with E-state index in [1.807, 2.05) is 24.3 Å². The van der Waals surface area contributed by atoms with E-state index in [1.54, 1.807) is 116 Å². The molecule has 11 aromatic rings. The first kappa shape index (κ1) is 93.8. The molecule has 0 spiro atoms. The zero-order chi connectivity index (χ0) is 97.5. The van der Waals surface area contributed by atoms with E-state index >= 15 is 0 Å². The Kier molecular flexibility index (Phi) is 25.7. The minimum absolute atomic E-state index is 0.0771. The highest BCUT2D eigenvalue weighted by atomic mass is 19.1. The van der Waals surface area contributed by atoms with Crippen molar-refractivity contribution >= 4 is 70.0 Å². The zero-order valence-corrected chi connectivity index (χ0v) is 75.0. The summed E-state index contributed by atoms with van der Waals surface area (Å²) in [7, 11) is 8.17.